The highest BCUT2D eigenvalue weighted by atomic mass is 32.2. The highest BCUT2D eigenvalue weighted by Gasteiger charge is 2.25. The number of fused-ring (bicyclic) bond motifs is 2. The molecule has 0 saturated heterocycles. The highest BCUT2D eigenvalue weighted by molar-refractivity contribution is 8.04. The topological polar surface area (TPSA) is 23.6 Å². The van der Waals surface area contributed by atoms with Crippen molar-refractivity contribution in [2.24, 2.45) is 0 Å². The predicted octanol–water partition coefficient (Wildman–Crippen LogP) is 6.37. The number of thioether (sulfide) groups is 2. The van der Waals surface area contributed by atoms with Crippen LogP contribution in [0.15, 0.2) is 104 Å². The van der Waals surface area contributed by atoms with Crippen LogP contribution in [-0.4, -0.2) is 19.9 Å². The summed E-state index contributed by atoms with van der Waals surface area (Å²) in [5, 5.41) is 2.30. The van der Waals surface area contributed by atoms with Crippen molar-refractivity contribution in [1.82, 2.24) is 0 Å². The number of hydrogen-bond donors (Lipinski definition) is 0. The molecule has 0 bridgehead atoms. The summed E-state index contributed by atoms with van der Waals surface area (Å²) in [5.41, 5.74) is 4.23. The zero-order valence-corrected chi connectivity index (χ0v) is 18.6. The second-order valence-corrected chi connectivity index (χ2v) is 9.60. The molecule has 0 N–H and O–H groups in total. The summed E-state index contributed by atoms with van der Waals surface area (Å²) in [6, 6.07) is 16.8. The first-order chi connectivity index (χ1) is 14.6. The van der Waals surface area contributed by atoms with E-state index in [9.17, 15) is 4.79 Å². The van der Waals surface area contributed by atoms with E-state index in [0.29, 0.717) is 0 Å². The quantitative estimate of drug-likeness (QED) is 0.515. The molecule has 2 aliphatic heterocycles. The first-order valence-corrected chi connectivity index (χ1v) is 11.6. The first kappa shape index (κ1) is 19.3. The van der Waals surface area contributed by atoms with E-state index in [1.165, 1.54) is 21.2 Å². The van der Waals surface area contributed by atoms with Gasteiger partial charge in [0.05, 0.1) is 21.4 Å². The smallest absolute Gasteiger partial charge is 0.185 e. The van der Waals surface area contributed by atoms with Crippen molar-refractivity contribution in [3.8, 4) is 0 Å². The molecule has 0 unspecified atom stereocenters. The van der Waals surface area contributed by atoms with Gasteiger partial charge in [0.25, 0.3) is 0 Å². The van der Waals surface area contributed by atoms with Crippen LogP contribution in [0.5, 0.6) is 0 Å². The molecule has 1 saturated carbocycles. The monoisotopic (exact) mass is 430 g/mol. The number of anilines is 2. The van der Waals surface area contributed by atoms with Gasteiger partial charge in [0.15, 0.2) is 5.78 Å². The van der Waals surface area contributed by atoms with Gasteiger partial charge in [0.1, 0.15) is 0 Å². The first-order valence-electron chi connectivity index (χ1n) is 9.99. The van der Waals surface area contributed by atoms with Crippen molar-refractivity contribution in [2.75, 3.05) is 23.9 Å². The molecule has 0 radical (unpaired) electrons. The number of ketones is 1. The van der Waals surface area contributed by atoms with E-state index >= 15 is 0 Å². The molecule has 0 spiro atoms. The van der Waals surface area contributed by atoms with E-state index in [0.717, 1.165) is 34.0 Å². The Bertz CT molecular complexity index is 1070. The number of benzene rings is 2. The number of rotatable bonds is 2. The van der Waals surface area contributed by atoms with Crippen LogP contribution < -0.4 is 9.80 Å². The van der Waals surface area contributed by atoms with Crippen LogP contribution in [0.3, 0.4) is 0 Å². The number of Topliss-reactive ketones (excluding diaryl/α,β-unsaturated/α-hetero) is 1. The normalized spacial score (nSPS) is 23.3. The number of nitrogens with zero attached hydrogens (tertiary/aromatic N) is 2. The molecule has 1 aliphatic carbocycles. The molecule has 30 heavy (non-hydrogen) atoms. The molecule has 1 fully saturated rings. The van der Waals surface area contributed by atoms with Gasteiger partial charge < -0.3 is 9.80 Å². The third-order valence-electron chi connectivity index (χ3n) is 5.64. The number of carbonyl (C=O) groups is 1. The summed E-state index contributed by atoms with van der Waals surface area (Å²) in [6.07, 6.45) is 9.79. The Balaban J connectivity index is 1.32. The van der Waals surface area contributed by atoms with Crippen molar-refractivity contribution in [3.05, 3.63) is 94.0 Å². The molecule has 0 aromatic heterocycles. The molecular weight excluding hydrogens is 408 g/mol. The van der Waals surface area contributed by atoms with Crippen LogP contribution in [0, 0.1) is 0 Å². The molecule has 150 valence electrons. The molecule has 2 heterocycles. The van der Waals surface area contributed by atoms with E-state index in [1.54, 1.807) is 23.5 Å². The minimum atomic E-state index is 0.176. The second kappa shape index (κ2) is 7.89. The summed E-state index contributed by atoms with van der Waals surface area (Å²) in [6.45, 7) is 0. The van der Waals surface area contributed by atoms with Crippen LogP contribution in [0.2, 0.25) is 0 Å². The Morgan fingerprint density at radius 3 is 1.57 bits per heavy atom. The Morgan fingerprint density at radius 1 is 0.700 bits per heavy atom. The van der Waals surface area contributed by atoms with E-state index in [4.69, 9.17) is 0 Å². The minimum absolute atomic E-state index is 0.176. The average molecular weight is 431 g/mol. The summed E-state index contributed by atoms with van der Waals surface area (Å²) in [7, 11) is 4.15. The number of para-hydroxylation sites is 2. The Kier molecular flexibility index (Phi) is 5.09. The van der Waals surface area contributed by atoms with Gasteiger partial charge >= 0.3 is 0 Å². The number of hydrogen-bond acceptors (Lipinski definition) is 5. The number of allylic oxidation sites excluding steroid dienone is 6. The summed E-state index contributed by atoms with van der Waals surface area (Å²) < 4.78 is 0. The van der Waals surface area contributed by atoms with Crippen LogP contribution in [0.4, 0.5) is 11.4 Å². The lowest BCUT2D eigenvalue weighted by Crippen LogP contribution is -2.09. The zero-order valence-electron chi connectivity index (χ0n) is 17.0. The lowest BCUT2D eigenvalue weighted by atomic mass is 10.1. The maximum absolute atomic E-state index is 12.9. The molecule has 3 nitrogen and oxygen atoms in total. The van der Waals surface area contributed by atoms with Crippen LogP contribution in [0.25, 0.3) is 0 Å². The molecule has 0 atom stereocenters. The lowest BCUT2D eigenvalue weighted by Gasteiger charge is -2.12. The average Bonchev–Trinajstić information content (AvgIpc) is 3.39. The van der Waals surface area contributed by atoms with E-state index in [1.807, 2.05) is 12.2 Å². The molecule has 2 aromatic rings. The molecule has 2 aromatic carbocycles. The maximum atomic E-state index is 12.9. The van der Waals surface area contributed by atoms with Crippen LogP contribution in [0.1, 0.15) is 12.8 Å². The predicted molar refractivity (Wildman–Crippen MR) is 128 cm³/mol. The zero-order chi connectivity index (χ0) is 20.7. The van der Waals surface area contributed by atoms with Gasteiger partial charge in [-0.05, 0) is 49.3 Å². The van der Waals surface area contributed by atoms with Gasteiger partial charge in [0.2, 0.25) is 0 Å². The fourth-order valence-corrected chi connectivity index (χ4v) is 6.00. The van der Waals surface area contributed by atoms with Gasteiger partial charge in [0, 0.05) is 35.0 Å². The number of carbonyl (C=O) groups excluding carboxylic acids is 1. The van der Waals surface area contributed by atoms with Crippen LogP contribution in [-0.2, 0) is 4.79 Å². The molecule has 3 aliphatic rings. The third kappa shape index (κ3) is 3.42. The third-order valence-corrected chi connectivity index (χ3v) is 8.01. The standard InChI is InChI=1S/C25H22N2OS2/c1-26-19-7-3-5-9-21(19)29-23(26)15-13-17-11-12-18(25(17)28)14-16-24-27(2)20-8-4-6-10-22(20)30-24/h3-10,13-16H,11-12H2,1-2H3/b17-13+,18-14+,23-15-,24-16-. The molecule has 5 rings (SSSR count). The van der Waals surface area contributed by atoms with E-state index < -0.39 is 0 Å². The van der Waals surface area contributed by atoms with Gasteiger partial charge in [-0.3, -0.25) is 4.79 Å². The Labute approximate surface area is 185 Å². The van der Waals surface area contributed by atoms with E-state index in [2.05, 4.69) is 84.6 Å². The largest absolute Gasteiger partial charge is 0.338 e. The van der Waals surface area contributed by atoms with Crippen LogP contribution >= 0.6 is 23.5 Å². The molecule has 5 heteroatoms. The minimum Gasteiger partial charge on any atom is -0.338 e. The lowest BCUT2D eigenvalue weighted by molar-refractivity contribution is -0.111. The van der Waals surface area contributed by atoms with Gasteiger partial charge in [-0.25, -0.2) is 0 Å². The van der Waals surface area contributed by atoms with Crippen molar-refractivity contribution in [1.29, 1.82) is 0 Å². The summed E-state index contributed by atoms with van der Waals surface area (Å²) in [4.78, 5) is 19.8. The van der Waals surface area contributed by atoms with Crippen molar-refractivity contribution in [2.45, 2.75) is 22.6 Å². The molecule has 0 amide bonds. The Morgan fingerprint density at radius 2 is 1.13 bits per heavy atom. The maximum Gasteiger partial charge on any atom is 0.185 e. The van der Waals surface area contributed by atoms with Crippen molar-refractivity contribution >= 4 is 40.7 Å². The second-order valence-electron chi connectivity index (χ2n) is 7.48. The fourth-order valence-electron chi connectivity index (χ4n) is 3.90. The van der Waals surface area contributed by atoms with Gasteiger partial charge in [-0.15, -0.1) is 0 Å². The van der Waals surface area contributed by atoms with Gasteiger partial charge in [-0.2, -0.15) is 0 Å². The van der Waals surface area contributed by atoms with Crippen molar-refractivity contribution < 1.29 is 4.79 Å². The summed E-state index contributed by atoms with van der Waals surface area (Å²) in [5.74, 6) is 0.176. The van der Waals surface area contributed by atoms with Crippen molar-refractivity contribution in [3.63, 3.8) is 0 Å². The fraction of sp³-hybridized carbons (Fsp3) is 0.160. The van der Waals surface area contributed by atoms with Gasteiger partial charge in [-0.1, -0.05) is 59.9 Å². The summed E-state index contributed by atoms with van der Waals surface area (Å²) >= 11 is 3.50. The Hall–Kier alpha value is -2.63. The SMILES string of the molecule is CN1/C(=C/C=C2\CC/C(=C\C=C3/Sc4ccccc4N3C)C2=O)Sc2ccccc21. The van der Waals surface area contributed by atoms with E-state index in [-0.39, 0.29) is 5.78 Å². The highest BCUT2D eigenvalue weighted by Crippen LogP contribution is 2.46. The molecular formula is C25H22N2OS2.